The molecule has 4 rings (SSSR count). The molecule has 0 aliphatic carbocycles. The van der Waals surface area contributed by atoms with Gasteiger partial charge in [0.25, 0.3) is 0 Å². The molecule has 0 spiro atoms. The second-order valence-electron chi connectivity index (χ2n) is 8.62. The highest BCUT2D eigenvalue weighted by molar-refractivity contribution is 7.71. The minimum absolute atomic E-state index is 0.0992. The van der Waals surface area contributed by atoms with Gasteiger partial charge in [-0.25, -0.2) is 4.68 Å². The van der Waals surface area contributed by atoms with Gasteiger partial charge in [-0.15, -0.1) is 5.10 Å². The standard InChI is InChI=1S/C25H31ClN6OS/c1-3-12-27-23(33)17-29-13-15-30(16-14-29)18-31-25(34)32(22-7-5-4-6-19(22)2)24(28-31)20-8-10-21(26)11-9-20/h4-11H,3,12-18H2,1-2H3,(H,27,33). The highest BCUT2D eigenvalue weighted by Gasteiger charge is 2.21. The van der Waals surface area contributed by atoms with Crippen molar-refractivity contribution in [3.63, 3.8) is 0 Å². The van der Waals surface area contributed by atoms with E-state index in [9.17, 15) is 4.79 Å². The summed E-state index contributed by atoms with van der Waals surface area (Å²) in [5, 5.41) is 8.57. The average Bonchev–Trinajstić information content (AvgIpc) is 3.15. The Bertz CT molecular complexity index is 1180. The molecule has 1 aromatic heterocycles. The monoisotopic (exact) mass is 498 g/mol. The summed E-state index contributed by atoms with van der Waals surface area (Å²) < 4.78 is 4.60. The van der Waals surface area contributed by atoms with Crippen LogP contribution in [-0.4, -0.2) is 69.3 Å². The van der Waals surface area contributed by atoms with Crippen molar-refractivity contribution >= 4 is 29.7 Å². The Morgan fingerprint density at radius 1 is 1.06 bits per heavy atom. The molecule has 0 atom stereocenters. The molecule has 1 fully saturated rings. The smallest absolute Gasteiger partial charge is 0.234 e. The van der Waals surface area contributed by atoms with Gasteiger partial charge in [0, 0.05) is 43.3 Å². The summed E-state index contributed by atoms with van der Waals surface area (Å²) in [7, 11) is 0. The number of piperazine rings is 1. The molecule has 7 nitrogen and oxygen atoms in total. The number of para-hydroxylation sites is 1. The Morgan fingerprint density at radius 2 is 1.74 bits per heavy atom. The molecule has 9 heteroatoms. The molecular weight excluding hydrogens is 468 g/mol. The second kappa shape index (κ2) is 11.3. The number of aryl methyl sites for hydroxylation is 1. The van der Waals surface area contributed by atoms with Crippen LogP contribution in [0.1, 0.15) is 18.9 Å². The lowest BCUT2D eigenvalue weighted by Crippen LogP contribution is -2.49. The van der Waals surface area contributed by atoms with Crippen molar-refractivity contribution in [1.82, 2.24) is 29.5 Å². The Balaban J connectivity index is 1.54. The van der Waals surface area contributed by atoms with Gasteiger partial charge >= 0.3 is 0 Å². The molecule has 1 N–H and O–H groups in total. The minimum Gasteiger partial charge on any atom is -0.355 e. The van der Waals surface area contributed by atoms with Crippen molar-refractivity contribution < 1.29 is 4.79 Å². The van der Waals surface area contributed by atoms with Crippen LogP contribution in [0, 0.1) is 11.7 Å². The van der Waals surface area contributed by atoms with Gasteiger partial charge in [-0.1, -0.05) is 36.7 Å². The van der Waals surface area contributed by atoms with Crippen LogP contribution in [0.5, 0.6) is 0 Å². The van der Waals surface area contributed by atoms with E-state index in [0.29, 0.717) is 23.0 Å². The summed E-state index contributed by atoms with van der Waals surface area (Å²) in [6.45, 7) is 9.33. The van der Waals surface area contributed by atoms with E-state index in [1.54, 1.807) is 0 Å². The maximum atomic E-state index is 12.0. The van der Waals surface area contributed by atoms with Crippen LogP contribution in [0.15, 0.2) is 48.5 Å². The lowest BCUT2D eigenvalue weighted by Gasteiger charge is -2.33. The van der Waals surface area contributed by atoms with Crippen molar-refractivity contribution in [2.75, 3.05) is 39.3 Å². The first kappa shape index (κ1) is 24.6. The molecule has 2 aromatic carbocycles. The van der Waals surface area contributed by atoms with Crippen molar-refractivity contribution in [3.05, 3.63) is 63.9 Å². The van der Waals surface area contributed by atoms with E-state index in [0.717, 1.165) is 61.8 Å². The van der Waals surface area contributed by atoms with E-state index in [1.807, 2.05) is 45.6 Å². The lowest BCUT2D eigenvalue weighted by atomic mass is 10.1. The van der Waals surface area contributed by atoms with Crippen LogP contribution in [0.4, 0.5) is 0 Å². The first-order valence-electron chi connectivity index (χ1n) is 11.7. The minimum atomic E-state index is 0.0992. The number of hydrogen-bond donors (Lipinski definition) is 1. The van der Waals surface area contributed by atoms with Crippen LogP contribution < -0.4 is 5.32 Å². The van der Waals surface area contributed by atoms with E-state index >= 15 is 0 Å². The number of benzene rings is 2. The summed E-state index contributed by atoms with van der Waals surface area (Å²) in [6.07, 6.45) is 0.952. The number of nitrogens with zero attached hydrogens (tertiary/aromatic N) is 5. The summed E-state index contributed by atoms with van der Waals surface area (Å²) in [6, 6.07) is 15.9. The Morgan fingerprint density at radius 3 is 2.41 bits per heavy atom. The molecule has 0 saturated carbocycles. The lowest BCUT2D eigenvalue weighted by molar-refractivity contribution is -0.122. The van der Waals surface area contributed by atoms with Crippen LogP contribution in [0.3, 0.4) is 0 Å². The average molecular weight is 499 g/mol. The molecule has 1 aliphatic heterocycles. The predicted molar refractivity (Wildman–Crippen MR) is 139 cm³/mol. The number of halogens is 1. The largest absolute Gasteiger partial charge is 0.355 e. The third kappa shape index (κ3) is 5.75. The Kier molecular flexibility index (Phi) is 8.15. The van der Waals surface area contributed by atoms with E-state index in [-0.39, 0.29) is 5.91 Å². The van der Waals surface area contributed by atoms with Gasteiger partial charge in [-0.05, 0) is 61.5 Å². The molecule has 34 heavy (non-hydrogen) atoms. The van der Waals surface area contributed by atoms with E-state index in [4.69, 9.17) is 28.9 Å². The van der Waals surface area contributed by atoms with Crippen LogP contribution in [0.2, 0.25) is 5.02 Å². The quantitative estimate of drug-likeness (QED) is 0.473. The van der Waals surface area contributed by atoms with E-state index < -0.39 is 0 Å². The first-order valence-corrected chi connectivity index (χ1v) is 12.5. The summed E-state index contributed by atoms with van der Waals surface area (Å²) in [5.74, 6) is 0.893. The predicted octanol–water partition coefficient (Wildman–Crippen LogP) is 4.13. The number of aromatic nitrogens is 3. The topological polar surface area (TPSA) is 58.3 Å². The number of amides is 1. The van der Waals surface area contributed by atoms with Gasteiger partial charge in [-0.3, -0.25) is 19.2 Å². The molecule has 3 aromatic rings. The van der Waals surface area contributed by atoms with Gasteiger partial charge in [0.05, 0.1) is 18.9 Å². The van der Waals surface area contributed by atoms with E-state index in [2.05, 4.69) is 41.1 Å². The van der Waals surface area contributed by atoms with Gasteiger partial charge in [0.1, 0.15) is 0 Å². The maximum Gasteiger partial charge on any atom is 0.234 e. The van der Waals surface area contributed by atoms with Gasteiger partial charge in [-0.2, -0.15) is 0 Å². The highest BCUT2D eigenvalue weighted by atomic mass is 35.5. The zero-order chi connectivity index (χ0) is 24.1. The molecular formula is C25H31ClN6OS. The normalized spacial score (nSPS) is 14.9. The number of carbonyl (C=O) groups is 1. The first-order chi connectivity index (χ1) is 16.5. The van der Waals surface area contributed by atoms with Gasteiger partial charge in [0.15, 0.2) is 5.82 Å². The SMILES string of the molecule is CCCNC(=O)CN1CCN(Cn2nc(-c3ccc(Cl)cc3)n(-c3ccccc3C)c2=S)CC1. The van der Waals surface area contributed by atoms with Crippen molar-refractivity contribution in [3.8, 4) is 17.1 Å². The molecule has 1 aliphatic rings. The number of nitrogens with one attached hydrogen (secondary N) is 1. The number of rotatable bonds is 8. The summed E-state index contributed by atoms with van der Waals surface area (Å²) in [5.41, 5.74) is 3.11. The molecule has 0 radical (unpaired) electrons. The Hall–Kier alpha value is -2.52. The fraction of sp³-hybridized carbons (Fsp3) is 0.400. The number of hydrogen-bond acceptors (Lipinski definition) is 5. The fourth-order valence-corrected chi connectivity index (χ4v) is 4.53. The Labute approximate surface area is 210 Å². The van der Waals surface area contributed by atoms with Gasteiger partial charge < -0.3 is 5.32 Å². The zero-order valence-electron chi connectivity index (χ0n) is 19.7. The third-order valence-corrected chi connectivity index (χ3v) is 6.68. The molecule has 1 amide bonds. The van der Waals surface area contributed by atoms with Gasteiger partial charge in [0.2, 0.25) is 10.7 Å². The fourth-order valence-electron chi connectivity index (χ4n) is 4.12. The second-order valence-corrected chi connectivity index (χ2v) is 9.42. The molecule has 0 bridgehead atoms. The van der Waals surface area contributed by atoms with Crippen molar-refractivity contribution in [1.29, 1.82) is 0 Å². The van der Waals surface area contributed by atoms with Crippen LogP contribution in [0.25, 0.3) is 17.1 Å². The summed E-state index contributed by atoms with van der Waals surface area (Å²) >= 11 is 12.0. The van der Waals surface area contributed by atoms with Crippen LogP contribution in [-0.2, 0) is 11.5 Å². The zero-order valence-corrected chi connectivity index (χ0v) is 21.3. The highest BCUT2D eigenvalue weighted by Crippen LogP contribution is 2.26. The van der Waals surface area contributed by atoms with Crippen molar-refractivity contribution in [2.24, 2.45) is 0 Å². The molecule has 1 saturated heterocycles. The van der Waals surface area contributed by atoms with Crippen LogP contribution >= 0.6 is 23.8 Å². The molecule has 0 unspecified atom stereocenters. The summed E-state index contributed by atoms with van der Waals surface area (Å²) in [4.78, 5) is 16.6. The molecule has 180 valence electrons. The number of carbonyl (C=O) groups excluding carboxylic acids is 1. The third-order valence-electron chi connectivity index (χ3n) is 6.04. The maximum absolute atomic E-state index is 12.0. The van der Waals surface area contributed by atoms with Crippen molar-refractivity contribution in [2.45, 2.75) is 26.9 Å². The molecule has 2 heterocycles. The van der Waals surface area contributed by atoms with E-state index in [1.165, 1.54) is 0 Å².